The molecule has 2 aliphatic heterocycles. The zero-order valence-electron chi connectivity index (χ0n) is 27.2. The molecule has 1 aromatic rings. The molecule has 49 heavy (non-hydrogen) atoms. The summed E-state index contributed by atoms with van der Waals surface area (Å²) in [6.45, 7) is 3.07. The highest BCUT2D eigenvalue weighted by Gasteiger charge is 2.63. The third-order valence-corrected chi connectivity index (χ3v) is 6.94. The van der Waals surface area contributed by atoms with Gasteiger partial charge in [0, 0.05) is 40.7 Å². The van der Waals surface area contributed by atoms with E-state index in [9.17, 15) is 44.1 Å². The number of carbonyl (C=O) groups excluding carboxylic acids is 6. The first-order valence-electron chi connectivity index (χ1n) is 14.8. The summed E-state index contributed by atoms with van der Waals surface area (Å²) in [4.78, 5) is 72.3. The Morgan fingerprint density at radius 3 is 1.84 bits per heavy atom. The average molecular weight is 699 g/mol. The van der Waals surface area contributed by atoms with Crippen molar-refractivity contribution in [2.45, 2.75) is 89.4 Å². The maximum atomic E-state index is 13.1. The summed E-state index contributed by atoms with van der Waals surface area (Å²) >= 11 is 0. The van der Waals surface area contributed by atoms with E-state index in [2.05, 4.69) is 0 Å². The first-order valence-corrected chi connectivity index (χ1v) is 14.8. The van der Waals surface area contributed by atoms with E-state index in [1.54, 1.807) is 0 Å². The van der Waals surface area contributed by atoms with Crippen molar-refractivity contribution in [2.75, 3.05) is 19.8 Å². The van der Waals surface area contributed by atoms with Crippen molar-refractivity contribution in [1.82, 2.24) is 0 Å². The van der Waals surface area contributed by atoms with Gasteiger partial charge in [0.1, 0.15) is 50.0 Å². The number of phenols is 1. The molecule has 2 aliphatic rings. The van der Waals surface area contributed by atoms with Crippen LogP contribution in [-0.4, -0.2) is 126 Å². The van der Waals surface area contributed by atoms with Gasteiger partial charge in [0.25, 0.3) is 0 Å². The molecule has 9 atom stereocenters. The normalized spacial score (nSPS) is 29.4. The van der Waals surface area contributed by atoms with Crippen LogP contribution in [0, 0.1) is 0 Å². The molecule has 270 valence electrons. The van der Waals surface area contributed by atoms with E-state index in [0.29, 0.717) is 5.56 Å². The maximum Gasteiger partial charge on any atom is 0.331 e. The number of hydrogen-bond acceptors (Lipinski definition) is 18. The number of aromatic hydroxyl groups is 1. The van der Waals surface area contributed by atoms with Gasteiger partial charge in [-0.1, -0.05) is 12.1 Å². The number of hydrogen-bond donors (Lipinski definition) is 3. The standard InChI is InChI=1S/C31H38O18/c1-15(32)41-12-22-25(39)29(47-24(38)11-8-20-6-9-21(37)10-7-20)31(48-22,14-43-17(3)34)49-30-28(45-19(5)36)26(40)27(44-18(4)35)23(46-30)13-42-16(2)33/h6-11,22-23,25-30,37,39-40H,12-14H2,1-5H3/b11-8+/t22-,23-,25-,26+,27-,28-,29+,30-,31+/m1/s1. The quantitative estimate of drug-likeness (QED) is 0.133. The number of phenolic OH excluding ortho intramolecular Hbond substituents is 1. The second-order valence-electron chi connectivity index (χ2n) is 10.9. The predicted octanol–water partition coefficient (Wildman–Crippen LogP) is -0.572. The smallest absolute Gasteiger partial charge is 0.331 e. The monoisotopic (exact) mass is 698 g/mol. The fourth-order valence-electron chi connectivity index (χ4n) is 4.88. The molecule has 0 amide bonds. The molecule has 2 saturated heterocycles. The van der Waals surface area contributed by atoms with Crippen LogP contribution in [0.15, 0.2) is 30.3 Å². The number of ether oxygens (including phenoxy) is 9. The van der Waals surface area contributed by atoms with Crippen LogP contribution in [0.4, 0.5) is 0 Å². The lowest BCUT2D eigenvalue weighted by atomic mass is 9.98. The van der Waals surface area contributed by atoms with Crippen molar-refractivity contribution in [2.24, 2.45) is 0 Å². The van der Waals surface area contributed by atoms with E-state index in [0.717, 1.165) is 40.7 Å². The van der Waals surface area contributed by atoms with Gasteiger partial charge in [0.15, 0.2) is 18.3 Å². The SMILES string of the molecule is CC(=O)OC[C@H]1O[C@@](COC(C)=O)(O[C@H]2O[C@H](COC(C)=O)[C@@H](OC(C)=O)[C@H](O)[C@H]2OC(C)=O)[C@@H](OC(=O)/C=C/c2ccc(O)cc2)[C@@H]1O. The Balaban J connectivity index is 2.06. The minimum Gasteiger partial charge on any atom is -0.508 e. The Bertz CT molecular complexity index is 1390. The molecular formula is C31H38O18. The van der Waals surface area contributed by atoms with Gasteiger partial charge < -0.3 is 58.0 Å². The summed E-state index contributed by atoms with van der Waals surface area (Å²) in [7, 11) is 0. The van der Waals surface area contributed by atoms with Crippen LogP contribution in [0.1, 0.15) is 40.2 Å². The van der Waals surface area contributed by atoms with Gasteiger partial charge in [-0.05, 0) is 23.8 Å². The van der Waals surface area contributed by atoms with E-state index >= 15 is 0 Å². The Labute approximate surface area is 279 Å². The fourth-order valence-corrected chi connectivity index (χ4v) is 4.88. The van der Waals surface area contributed by atoms with Gasteiger partial charge in [-0.3, -0.25) is 24.0 Å². The zero-order valence-corrected chi connectivity index (χ0v) is 27.2. The Morgan fingerprint density at radius 1 is 0.735 bits per heavy atom. The number of aliphatic hydroxyl groups is 2. The van der Waals surface area contributed by atoms with Crippen molar-refractivity contribution in [3.8, 4) is 5.75 Å². The number of rotatable bonds is 13. The first kappa shape index (κ1) is 38.8. The van der Waals surface area contributed by atoms with E-state index < -0.39 is 110 Å². The lowest BCUT2D eigenvalue weighted by Crippen LogP contribution is -2.65. The first-order chi connectivity index (χ1) is 23.0. The molecule has 0 aliphatic carbocycles. The van der Waals surface area contributed by atoms with Crippen molar-refractivity contribution in [3.05, 3.63) is 35.9 Å². The van der Waals surface area contributed by atoms with Crippen LogP contribution in [0.25, 0.3) is 6.08 Å². The molecule has 0 radical (unpaired) electrons. The molecule has 18 heteroatoms. The highest BCUT2D eigenvalue weighted by atomic mass is 16.8. The lowest BCUT2D eigenvalue weighted by Gasteiger charge is -2.45. The minimum atomic E-state index is -2.51. The van der Waals surface area contributed by atoms with Gasteiger partial charge in [-0.2, -0.15) is 0 Å². The maximum absolute atomic E-state index is 13.1. The molecule has 0 bridgehead atoms. The van der Waals surface area contributed by atoms with Crippen molar-refractivity contribution in [1.29, 1.82) is 0 Å². The van der Waals surface area contributed by atoms with Gasteiger partial charge >= 0.3 is 35.8 Å². The zero-order chi connectivity index (χ0) is 36.5. The van der Waals surface area contributed by atoms with Crippen LogP contribution in [-0.2, 0) is 71.4 Å². The molecule has 1 aromatic carbocycles. The molecule has 0 saturated carbocycles. The second kappa shape index (κ2) is 17.2. The summed E-state index contributed by atoms with van der Waals surface area (Å²) in [5, 5.41) is 32.1. The van der Waals surface area contributed by atoms with Crippen LogP contribution >= 0.6 is 0 Å². The molecule has 3 N–H and O–H groups in total. The molecule has 2 heterocycles. The number of esters is 6. The largest absolute Gasteiger partial charge is 0.508 e. The van der Waals surface area contributed by atoms with Crippen LogP contribution in [0.5, 0.6) is 5.75 Å². The summed E-state index contributed by atoms with van der Waals surface area (Å²) in [6.07, 6.45) is -11.6. The minimum absolute atomic E-state index is 0.0199. The molecular weight excluding hydrogens is 660 g/mol. The summed E-state index contributed by atoms with van der Waals surface area (Å²) in [5.74, 6) is -7.87. The third-order valence-electron chi connectivity index (χ3n) is 6.94. The lowest BCUT2D eigenvalue weighted by molar-refractivity contribution is -0.384. The van der Waals surface area contributed by atoms with Gasteiger partial charge in [0.2, 0.25) is 12.1 Å². The highest BCUT2D eigenvalue weighted by Crippen LogP contribution is 2.40. The molecule has 18 nitrogen and oxygen atoms in total. The van der Waals surface area contributed by atoms with E-state index in [1.165, 1.54) is 30.3 Å². The van der Waals surface area contributed by atoms with Crippen molar-refractivity contribution in [3.63, 3.8) is 0 Å². The van der Waals surface area contributed by atoms with Crippen molar-refractivity contribution >= 4 is 41.9 Å². The highest BCUT2D eigenvalue weighted by molar-refractivity contribution is 5.87. The van der Waals surface area contributed by atoms with E-state index in [-0.39, 0.29) is 5.75 Å². The topological polar surface area (TPSA) is 246 Å². The Kier molecular flexibility index (Phi) is 13.6. The summed E-state index contributed by atoms with van der Waals surface area (Å²) in [5.41, 5.74) is 0.475. The molecule has 2 fully saturated rings. The number of benzene rings is 1. The Hall–Kier alpha value is -4.62. The number of aliphatic hydroxyl groups excluding tert-OH is 2. The summed E-state index contributed by atoms with van der Waals surface area (Å²) in [6, 6.07) is 5.73. The molecule has 0 spiro atoms. The van der Waals surface area contributed by atoms with Gasteiger partial charge in [-0.15, -0.1) is 0 Å². The number of carbonyl (C=O) groups is 6. The Morgan fingerprint density at radius 2 is 1.29 bits per heavy atom. The van der Waals surface area contributed by atoms with Gasteiger partial charge in [0.05, 0.1) is 0 Å². The fraction of sp³-hybridized carbons (Fsp3) is 0.548. The van der Waals surface area contributed by atoms with Crippen LogP contribution < -0.4 is 0 Å². The molecule has 3 rings (SSSR count). The third kappa shape index (κ3) is 10.9. The van der Waals surface area contributed by atoms with Crippen molar-refractivity contribution < 1.29 is 86.7 Å². The van der Waals surface area contributed by atoms with Gasteiger partial charge in [-0.25, -0.2) is 4.79 Å². The predicted molar refractivity (Wildman–Crippen MR) is 157 cm³/mol. The van der Waals surface area contributed by atoms with E-state index in [1.807, 2.05) is 0 Å². The molecule has 0 unspecified atom stereocenters. The van der Waals surface area contributed by atoms with E-state index in [4.69, 9.17) is 42.6 Å². The average Bonchev–Trinajstić information content (AvgIpc) is 3.26. The summed E-state index contributed by atoms with van der Waals surface area (Å²) < 4.78 is 49.1. The van der Waals surface area contributed by atoms with Crippen LogP contribution in [0.3, 0.4) is 0 Å². The van der Waals surface area contributed by atoms with Crippen LogP contribution in [0.2, 0.25) is 0 Å². The molecule has 0 aromatic heterocycles. The second-order valence-corrected chi connectivity index (χ2v) is 10.9.